The van der Waals surface area contributed by atoms with Crippen LogP contribution in [0.3, 0.4) is 0 Å². The lowest BCUT2D eigenvalue weighted by atomic mass is 9.99. The fraction of sp³-hybridized carbons (Fsp3) is 0.0952. The van der Waals surface area contributed by atoms with Crippen molar-refractivity contribution in [2.24, 2.45) is 0 Å². The third kappa shape index (κ3) is 4.59. The van der Waals surface area contributed by atoms with Crippen molar-refractivity contribution < 1.29 is 9.53 Å². The molecule has 3 aromatic rings. The summed E-state index contributed by atoms with van der Waals surface area (Å²) < 4.78 is 4.22. The molecule has 0 amide bonds. The summed E-state index contributed by atoms with van der Waals surface area (Å²) in [4.78, 5) is 12.1. The van der Waals surface area contributed by atoms with E-state index in [4.69, 9.17) is 39.5 Å². The molecule has 0 aliphatic rings. The highest BCUT2D eigenvalue weighted by molar-refractivity contribution is 6.77. The van der Waals surface area contributed by atoms with Crippen LogP contribution in [-0.2, 0) is 0 Å². The highest BCUT2D eigenvalue weighted by Gasteiger charge is 2.31. The molecule has 0 radical (unpaired) electrons. The van der Waals surface area contributed by atoms with Gasteiger partial charge < -0.3 is 4.74 Å². The first kappa shape index (κ1) is 18.8. The Kier molecular flexibility index (Phi) is 5.87. The highest BCUT2D eigenvalue weighted by Crippen LogP contribution is 2.32. The number of alkyl halides is 3. The Morgan fingerprint density at radius 1 is 0.731 bits per heavy atom. The Morgan fingerprint density at radius 3 is 1.77 bits per heavy atom. The molecule has 3 rings (SSSR count). The van der Waals surface area contributed by atoms with Gasteiger partial charge in [0, 0.05) is 5.56 Å². The van der Waals surface area contributed by atoms with Crippen LogP contribution in [0.25, 0.3) is 0 Å². The molecule has 0 bridgehead atoms. The summed E-state index contributed by atoms with van der Waals surface area (Å²) in [6, 6.07) is 26.3. The van der Waals surface area contributed by atoms with Crippen LogP contribution in [0.4, 0.5) is 0 Å². The van der Waals surface area contributed by atoms with Crippen LogP contribution in [0.1, 0.15) is 27.6 Å². The molecule has 0 aliphatic carbocycles. The van der Waals surface area contributed by atoms with Gasteiger partial charge in [0.1, 0.15) is 11.9 Å². The quantitative estimate of drug-likeness (QED) is 0.362. The van der Waals surface area contributed by atoms with Gasteiger partial charge >= 0.3 is 0 Å². The second kappa shape index (κ2) is 8.13. The maximum Gasteiger partial charge on any atom is 0.253 e. The number of ether oxygens (including phenoxy) is 1. The standard InChI is InChI=1S/C21H15Cl3O2/c22-21(23,24)20(25)17-13-11-16(12-14-17)19(15-7-3-1-4-8-15)26-18-9-5-2-6-10-18/h1-14,19H. The molecule has 1 unspecified atom stereocenters. The van der Waals surface area contributed by atoms with Crippen molar-refractivity contribution in [3.05, 3.63) is 102 Å². The summed E-state index contributed by atoms with van der Waals surface area (Å²) in [5, 5.41) is 0. The maximum absolute atomic E-state index is 12.1. The second-order valence-corrected chi connectivity index (χ2v) is 7.95. The molecule has 5 heteroatoms. The SMILES string of the molecule is O=C(c1ccc(C(Oc2ccccc2)c2ccccc2)cc1)C(Cl)(Cl)Cl. The first-order valence-electron chi connectivity index (χ1n) is 7.93. The maximum atomic E-state index is 12.1. The molecule has 132 valence electrons. The number of carbonyl (C=O) groups is 1. The average molecular weight is 406 g/mol. The highest BCUT2D eigenvalue weighted by atomic mass is 35.6. The molecule has 1 atom stereocenters. The summed E-state index contributed by atoms with van der Waals surface area (Å²) in [6.45, 7) is 0. The Morgan fingerprint density at radius 2 is 1.23 bits per heavy atom. The molecule has 0 aliphatic heterocycles. The topological polar surface area (TPSA) is 26.3 Å². The van der Waals surface area contributed by atoms with E-state index in [9.17, 15) is 4.79 Å². The van der Waals surface area contributed by atoms with Crippen LogP contribution in [0, 0.1) is 0 Å². The predicted octanol–water partition coefficient (Wildman–Crippen LogP) is 6.41. The van der Waals surface area contributed by atoms with E-state index in [1.807, 2.05) is 72.8 Å². The molecule has 0 saturated carbocycles. The first-order valence-corrected chi connectivity index (χ1v) is 9.06. The summed E-state index contributed by atoms with van der Waals surface area (Å²) in [5.74, 6) is 0.192. The van der Waals surface area contributed by atoms with Gasteiger partial charge in [0.25, 0.3) is 3.79 Å². The van der Waals surface area contributed by atoms with E-state index in [0.717, 1.165) is 16.9 Å². The van der Waals surface area contributed by atoms with Gasteiger partial charge in [0.05, 0.1) is 0 Å². The average Bonchev–Trinajstić information content (AvgIpc) is 2.66. The molecule has 0 spiro atoms. The summed E-state index contributed by atoms with van der Waals surface area (Å²) in [6.07, 6.45) is -0.324. The number of halogens is 3. The smallest absolute Gasteiger partial charge is 0.253 e. The third-order valence-corrected chi connectivity index (χ3v) is 4.35. The largest absolute Gasteiger partial charge is 0.481 e. The number of Topliss-reactive ketones (excluding diaryl/α,β-unsaturated/α-hetero) is 1. The van der Waals surface area contributed by atoms with Crippen molar-refractivity contribution in [1.29, 1.82) is 0 Å². The zero-order chi connectivity index (χ0) is 18.6. The van der Waals surface area contributed by atoms with Gasteiger partial charge in [0.15, 0.2) is 0 Å². The minimum absolute atomic E-state index is 0.324. The number of hydrogen-bond donors (Lipinski definition) is 0. The zero-order valence-electron chi connectivity index (χ0n) is 13.6. The van der Waals surface area contributed by atoms with Crippen molar-refractivity contribution in [3.63, 3.8) is 0 Å². The number of ketones is 1. The van der Waals surface area contributed by atoms with Gasteiger partial charge in [-0.1, -0.05) is 108 Å². The number of benzene rings is 3. The van der Waals surface area contributed by atoms with E-state index in [0.29, 0.717) is 5.56 Å². The van der Waals surface area contributed by atoms with Gasteiger partial charge in [-0.05, 0) is 23.3 Å². The molecule has 0 heterocycles. The van der Waals surface area contributed by atoms with Crippen LogP contribution in [0.5, 0.6) is 5.75 Å². The van der Waals surface area contributed by atoms with E-state index in [2.05, 4.69) is 0 Å². The van der Waals surface area contributed by atoms with Crippen LogP contribution in [-0.4, -0.2) is 9.58 Å². The minimum Gasteiger partial charge on any atom is -0.481 e. The minimum atomic E-state index is -1.97. The van der Waals surface area contributed by atoms with E-state index in [-0.39, 0.29) is 6.10 Å². The molecule has 0 aromatic heterocycles. The summed E-state index contributed by atoms with van der Waals surface area (Å²) in [7, 11) is 0. The molecule has 0 saturated heterocycles. The third-order valence-electron chi connectivity index (χ3n) is 3.83. The van der Waals surface area contributed by atoms with Crippen molar-refractivity contribution in [2.45, 2.75) is 9.90 Å². The van der Waals surface area contributed by atoms with Crippen LogP contribution in [0.2, 0.25) is 0 Å². The monoisotopic (exact) mass is 404 g/mol. The molecule has 0 N–H and O–H groups in total. The van der Waals surface area contributed by atoms with E-state index in [1.165, 1.54) is 0 Å². The number of rotatable bonds is 5. The molecule has 0 fully saturated rings. The summed E-state index contributed by atoms with van der Waals surface area (Å²) >= 11 is 17.0. The first-order chi connectivity index (χ1) is 12.4. The molecule has 3 aromatic carbocycles. The van der Waals surface area contributed by atoms with Gasteiger partial charge in [-0.15, -0.1) is 0 Å². The number of carbonyl (C=O) groups excluding carboxylic acids is 1. The van der Waals surface area contributed by atoms with Crippen LogP contribution < -0.4 is 4.74 Å². The Bertz CT molecular complexity index is 857. The van der Waals surface area contributed by atoms with Crippen molar-refractivity contribution in [2.75, 3.05) is 0 Å². The van der Waals surface area contributed by atoms with Gasteiger partial charge in [-0.25, -0.2) is 0 Å². The zero-order valence-corrected chi connectivity index (χ0v) is 15.9. The fourth-order valence-electron chi connectivity index (χ4n) is 2.56. The van der Waals surface area contributed by atoms with E-state index >= 15 is 0 Å². The number of hydrogen-bond acceptors (Lipinski definition) is 2. The lowest BCUT2D eigenvalue weighted by Crippen LogP contribution is -2.19. The number of para-hydroxylation sites is 1. The Hall–Kier alpha value is -2.00. The molecule has 2 nitrogen and oxygen atoms in total. The fourth-order valence-corrected chi connectivity index (χ4v) is 2.89. The van der Waals surface area contributed by atoms with Crippen molar-refractivity contribution in [1.82, 2.24) is 0 Å². The predicted molar refractivity (Wildman–Crippen MR) is 106 cm³/mol. The van der Waals surface area contributed by atoms with Gasteiger partial charge in [-0.3, -0.25) is 4.79 Å². The second-order valence-electron chi connectivity index (χ2n) is 5.67. The van der Waals surface area contributed by atoms with Crippen molar-refractivity contribution in [3.8, 4) is 5.75 Å². The van der Waals surface area contributed by atoms with Crippen LogP contribution >= 0.6 is 34.8 Å². The Balaban J connectivity index is 1.93. The lowest BCUT2D eigenvalue weighted by molar-refractivity contribution is 0.0996. The van der Waals surface area contributed by atoms with E-state index < -0.39 is 9.58 Å². The normalized spacial score (nSPS) is 12.4. The Labute approximate surface area is 167 Å². The molecular formula is C21H15Cl3O2. The molecular weight excluding hydrogens is 391 g/mol. The van der Waals surface area contributed by atoms with Gasteiger partial charge in [0.2, 0.25) is 5.78 Å². The molecule has 26 heavy (non-hydrogen) atoms. The lowest BCUT2D eigenvalue weighted by Gasteiger charge is -2.20. The van der Waals surface area contributed by atoms with Crippen molar-refractivity contribution >= 4 is 40.6 Å². The van der Waals surface area contributed by atoms with Crippen LogP contribution in [0.15, 0.2) is 84.9 Å². The summed E-state index contributed by atoms with van der Waals surface area (Å²) in [5.41, 5.74) is 2.22. The van der Waals surface area contributed by atoms with Gasteiger partial charge in [-0.2, -0.15) is 0 Å². The van der Waals surface area contributed by atoms with E-state index in [1.54, 1.807) is 12.1 Å².